The molecule has 90 valence electrons. The van der Waals surface area contributed by atoms with Crippen molar-refractivity contribution in [2.75, 3.05) is 5.32 Å². The van der Waals surface area contributed by atoms with Crippen LogP contribution in [0.1, 0.15) is 35.0 Å². The number of hydrogen-bond donors (Lipinski definition) is 2. The van der Waals surface area contributed by atoms with Crippen molar-refractivity contribution in [3.63, 3.8) is 0 Å². The summed E-state index contributed by atoms with van der Waals surface area (Å²) in [5.41, 5.74) is 1.16. The average Bonchev–Trinajstić information content (AvgIpc) is 2.86. The van der Waals surface area contributed by atoms with Crippen LogP contribution >= 0.6 is 11.3 Å². The van der Waals surface area contributed by atoms with E-state index in [2.05, 4.69) is 15.5 Å². The Labute approximate surface area is 101 Å². The lowest BCUT2D eigenvalue weighted by molar-refractivity contribution is 0.0987. The Balaban J connectivity index is 2.07. The highest BCUT2D eigenvalue weighted by Crippen LogP contribution is 2.20. The molecule has 7 heteroatoms. The van der Waals surface area contributed by atoms with Gasteiger partial charge in [0.25, 0.3) is 5.91 Å². The third kappa shape index (κ3) is 2.69. The van der Waals surface area contributed by atoms with E-state index >= 15 is 0 Å². The largest absolute Gasteiger partial charge is 0.387 e. The Morgan fingerprint density at radius 3 is 2.94 bits per heavy atom. The first-order chi connectivity index (χ1) is 8.06. The number of hydrogen-bond acceptors (Lipinski definition) is 6. The summed E-state index contributed by atoms with van der Waals surface area (Å²) in [5.74, 6) is -0.270. The van der Waals surface area contributed by atoms with Crippen LogP contribution in [0.2, 0.25) is 0 Å². The predicted octanol–water partition coefficient (Wildman–Crippen LogP) is 1.75. The molecular formula is C10H11N3O3S. The summed E-state index contributed by atoms with van der Waals surface area (Å²) in [6.07, 6.45) is -0.649. The fourth-order valence-corrected chi connectivity index (χ4v) is 1.96. The van der Waals surface area contributed by atoms with Crippen molar-refractivity contribution in [3.8, 4) is 0 Å². The fraction of sp³-hybridized carbons (Fsp3) is 0.300. The highest BCUT2D eigenvalue weighted by molar-refractivity contribution is 7.14. The van der Waals surface area contributed by atoms with Crippen molar-refractivity contribution in [2.45, 2.75) is 20.0 Å². The number of carbonyl (C=O) groups excluding carboxylic acids is 1. The molecule has 0 saturated carbocycles. The molecule has 2 rings (SSSR count). The smallest absolute Gasteiger partial charge is 0.296 e. The van der Waals surface area contributed by atoms with E-state index in [9.17, 15) is 9.90 Å². The number of rotatable bonds is 3. The minimum Gasteiger partial charge on any atom is -0.387 e. The third-order valence-corrected chi connectivity index (χ3v) is 2.80. The molecule has 1 amide bonds. The molecule has 17 heavy (non-hydrogen) atoms. The number of amides is 1. The number of aliphatic hydroxyl groups is 1. The molecule has 0 aliphatic heterocycles. The van der Waals surface area contributed by atoms with Gasteiger partial charge >= 0.3 is 0 Å². The molecule has 0 aliphatic rings. The minimum atomic E-state index is -0.649. The van der Waals surface area contributed by atoms with Crippen LogP contribution in [-0.2, 0) is 0 Å². The van der Waals surface area contributed by atoms with E-state index in [0.29, 0.717) is 16.5 Å². The van der Waals surface area contributed by atoms with E-state index in [4.69, 9.17) is 4.52 Å². The summed E-state index contributed by atoms with van der Waals surface area (Å²) in [7, 11) is 0. The van der Waals surface area contributed by atoms with Gasteiger partial charge in [0.2, 0.25) is 5.76 Å². The van der Waals surface area contributed by atoms with Crippen LogP contribution in [0.5, 0.6) is 0 Å². The molecule has 0 fully saturated rings. The van der Waals surface area contributed by atoms with Crippen LogP contribution in [0.15, 0.2) is 16.0 Å². The van der Waals surface area contributed by atoms with Gasteiger partial charge in [-0.15, -0.1) is 11.3 Å². The summed E-state index contributed by atoms with van der Waals surface area (Å²) in [5, 5.41) is 17.6. The molecule has 0 bridgehead atoms. The topological polar surface area (TPSA) is 88.2 Å². The lowest BCUT2D eigenvalue weighted by Crippen LogP contribution is -2.10. The Morgan fingerprint density at radius 1 is 1.65 bits per heavy atom. The van der Waals surface area contributed by atoms with Crippen molar-refractivity contribution in [3.05, 3.63) is 28.6 Å². The van der Waals surface area contributed by atoms with E-state index in [1.807, 2.05) is 0 Å². The normalized spacial score (nSPS) is 12.4. The van der Waals surface area contributed by atoms with Crippen LogP contribution in [0.3, 0.4) is 0 Å². The monoisotopic (exact) mass is 253 g/mol. The molecule has 0 spiro atoms. The molecular weight excluding hydrogens is 242 g/mol. The van der Waals surface area contributed by atoms with Gasteiger partial charge in [0.05, 0.1) is 17.5 Å². The van der Waals surface area contributed by atoms with Crippen molar-refractivity contribution in [1.82, 2.24) is 10.1 Å². The van der Waals surface area contributed by atoms with E-state index in [1.54, 1.807) is 25.3 Å². The van der Waals surface area contributed by atoms with Gasteiger partial charge in [-0.25, -0.2) is 4.98 Å². The van der Waals surface area contributed by atoms with Gasteiger partial charge in [0.1, 0.15) is 0 Å². The van der Waals surface area contributed by atoms with Crippen molar-refractivity contribution < 1.29 is 14.4 Å². The van der Waals surface area contributed by atoms with Crippen molar-refractivity contribution >= 4 is 22.4 Å². The van der Waals surface area contributed by atoms with Gasteiger partial charge in [0.15, 0.2) is 5.13 Å². The highest BCUT2D eigenvalue weighted by Gasteiger charge is 2.14. The zero-order chi connectivity index (χ0) is 12.4. The second-order valence-electron chi connectivity index (χ2n) is 3.54. The molecule has 2 N–H and O–H groups in total. The van der Waals surface area contributed by atoms with E-state index in [0.717, 1.165) is 0 Å². The van der Waals surface area contributed by atoms with Crippen LogP contribution in [-0.4, -0.2) is 21.2 Å². The number of thiazole rings is 1. The average molecular weight is 253 g/mol. The molecule has 1 atom stereocenters. The minimum absolute atomic E-state index is 0.135. The van der Waals surface area contributed by atoms with E-state index < -0.39 is 12.0 Å². The zero-order valence-corrected chi connectivity index (χ0v) is 10.1. The summed E-state index contributed by atoms with van der Waals surface area (Å²) < 4.78 is 4.82. The number of carbonyl (C=O) groups is 1. The standard InChI is InChI=1S/C10H11N3O3S/c1-5-3-8(16-13-5)9(15)12-10-11-7(4-17-10)6(2)14/h3-4,6,14H,1-2H3,(H,11,12,15). The quantitative estimate of drug-likeness (QED) is 0.869. The maximum Gasteiger partial charge on any atom is 0.296 e. The van der Waals surface area contributed by atoms with Crippen LogP contribution in [0, 0.1) is 6.92 Å². The summed E-state index contributed by atoms with van der Waals surface area (Å²) >= 11 is 1.24. The van der Waals surface area contributed by atoms with Crippen molar-refractivity contribution in [1.29, 1.82) is 0 Å². The van der Waals surface area contributed by atoms with Crippen LogP contribution in [0.25, 0.3) is 0 Å². The second-order valence-corrected chi connectivity index (χ2v) is 4.40. The molecule has 0 saturated heterocycles. The molecule has 6 nitrogen and oxygen atoms in total. The summed E-state index contributed by atoms with van der Waals surface area (Å²) in [6.45, 7) is 3.34. The fourth-order valence-electron chi connectivity index (χ4n) is 1.16. The zero-order valence-electron chi connectivity index (χ0n) is 9.30. The first kappa shape index (κ1) is 11.7. The summed E-state index contributed by atoms with van der Waals surface area (Å²) in [4.78, 5) is 15.7. The molecule has 2 heterocycles. The van der Waals surface area contributed by atoms with E-state index in [1.165, 1.54) is 11.3 Å². The van der Waals surface area contributed by atoms with Gasteiger partial charge in [-0.05, 0) is 13.8 Å². The van der Waals surface area contributed by atoms with Crippen molar-refractivity contribution in [2.24, 2.45) is 0 Å². The van der Waals surface area contributed by atoms with Gasteiger partial charge in [-0.3, -0.25) is 10.1 Å². The Morgan fingerprint density at radius 2 is 2.41 bits per heavy atom. The van der Waals surface area contributed by atoms with Crippen LogP contribution < -0.4 is 5.32 Å². The number of aryl methyl sites for hydroxylation is 1. The lowest BCUT2D eigenvalue weighted by Gasteiger charge is -1.98. The number of aliphatic hydroxyl groups excluding tert-OH is 1. The predicted molar refractivity (Wildman–Crippen MR) is 61.9 cm³/mol. The molecule has 2 aromatic heterocycles. The molecule has 0 aliphatic carbocycles. The van der Waals surface area contributed by atoms with Gasteiger partial charge in [0, 0.05) is 11.4 Å². The van der Waals surface area contributed by atoms with E-state index in [-0.39, 0.29) is 5.76 Å². The van der Waals surface area contributed by atoms with Gasteiger partial charge in [-0.1, -0.05) is 5.16 Å². The molecule has 0 aromatic carbocycles. The van der Waals surface area contributed by atoms with Gasteiger partial charge < -0.3 is 9.63 Å². The second kappa shape index (κ2) is 4.64. The van der Waals surface area contributed by atoms with Crippen LogP contribution in [0.4, 0.5) is 5.13 Å². The number of nitrogens with zero attached hydrogens (tertiary/aromatic N) is 2. The first-order valence-corrected chi connectivity index (χ1v) is 5.82. The number of aromatic nitrogens is 2. The molecule has 1 unspecified atom stereocenters. The highest BCUT2D eigenvalue weighted by atomic mass is 32.1. The maximum atomic E-state index is 11.7. The number of anilines is 1. The lowest BCUT2D eigenvalue weighted by atomic mass is 10.3. The third-order valence-electron chi connectivity index (χ3n) is 2.02. The molecule has 0 radical (unpaired) electrons. The molecule has 2 aromatic rings. The Hall–Kier alpha value is -1.73. The first-order valence-electron chi connectivity index (χ1n) is 4.94. The Bertz CT molecular complexity index is 532. The SMILES string of the molecule is Cc1cc(C(=O)Nc2nc(C(C)O)cs2)on1. The maximum absolute atomic E-state index is 11.7. The van der Waals surface area contributed by atoms with Gasteiger partial charge in [-0.2, -0.15) is 0 Å². The number of nitrogens with one attached hydrogen (secondary N) is 1. The summed E-state index contributed by atoms with van der Waals surface area (Å²) in [6, 6.07) is 1.54. The Kier molecular flexibility index (Phi) is 3.21.